The van der Waals surface area contributed by atoms with Crippen molar-refractivity contribution in [3.63, 3.8) is 0 Å². The molecule has 0 bridgehead atoms. The van der Waals surface area contributed by atoms with Gasteiger partial charge in [-0.25, -0.2) is 4.98 Å². The van der Waals surface area contributed by atoms with Crippen molar-refractivity contribution < 1.29 is 0 Å². The van der Waals surface area contributed by atoms with E-state index in [1.54, 1.807) is 0 Å². The van der Waals surface area contributed by atoms with Crippen LogP contribution >= 0.6 is 0 Å². The zero-order valence-corrected chi connectivity index (χ0v) is 10.7. The van der Waals surface area contributed by atoms with Crippen LogP contribution < -0.4 is 10.6 Å². The summed E-state index contributed by atoms with van der Waals surface area (Å²) >= 11 is 0. The summed E-state index contributed by atoms with van der Waals surface area (Å²) in [6, 6.07) is 6.13. The summed E-state index contributed by atoms with van der Waals surface area (Å²) in [6.07, 6.45) is 5.60. The van der Waals surface area contributed by atoms with Crippen molar-refractivity contribution in [2.24, 2.45) is 17.6 Å². The van der Waals surface area contributed by atoms with Gasteiger partial charge in [-0.05, 0) is 43.4 Å². The summed E-state index contributed by atoms with van der Waals surface area (Å²) in [7, 11) is 0. The van der Waals surface area contributed by atoms with Crippen LogP contribution in [0.15, 0.2) is 24.4 Å². The molecule has 1 aromatic rings. The summed E-state index contributed by atoms with van der Waals surface area (Å²) < 4.78 is 0. The van der Waals surface area contributed by atoms with Gasteiger partial charge >= 0.3 is 0 Å². The van der Waals surface area contributed by atoms with Crippen LogP contribution in [0.2, 0.25) is 0 Å². The normalized spacial score (nSPS) is 19.3. The number of aromatic nitrogens is 1. The molecule has 3 nitrogen and oxygen atoms in total. The maximum Gasteiger partial charge on any atom is 0.128 e. The van der Waals surface area contributed by atoms with Gasteiger partial charge in [-0.15, -0.1) is 0 Å². The maximum atomic E-state index is 5.83. The molecule has 1 unspecified atom stereocenters. The lowest BCUT2D eigenvalue weighted by Gasteiger charge is -2.36. The Labute approximate surface area is 104 Å². The van der Waals surface area contributed by atoms with Crippen LogP contribution in [-0.2, 0) is 0 Å². The van der Waals surface area contributed by atoms with Gasteiger partial charge in [0.1, 0.15) is 5.82 Å². The Morgan fingerprint density at radius 3 is 2.71 bits per heavy atom. The average Bonchev–Trinajstić information content (AvgIpc) is 2.42. The van der Waals surface area contributed by atoms with Crippen molar-refractivity contribution in [3.8, 4) is 0 Å². The summed E-state index contributed by atoms with van der Waals surface area (Å²) in [6.45, 7) is 5.34. The smallest absolute Gasteiger partial charge is 0.128 e. The first-order valence-corrected chi connectivity index (χ1v) is 6.71. The highest BCUT2D eigenvalue weighted by Crippen LogP contribution is 2.28. The van der Waals surface area contributed by atoms with E-state index in [4.69, 9.17) is 5.73 Å². The van der Waals surface area contributed by atoms with E-state index >= 15 is 0 Å². The molecule has 2 N–H and O–H groups in total. The zero-order valence-electron chi connectivity index (χ0n) is 10.7. The van der Waals surface area contributed by atoms with Crippen molar-refractivity contribution in [3.05, 3.63) is 24.4 Å². The molecule has 2 rings (SSSR count). The maximum absolute atomic E-state index is 5.83. The van der Waals surface area contributed by atoms with E-state index in [-0.39, 0.29) is 0 Å². The zero-order chi connectivity index (χ0) is 12.1. The highest BCUT2D eigenvalue weighted by molar-refractivity contribution is 5.37. The summed E-state index contributed by atoms with van der Waals surface area (Å²) in [5.74, 6) is 2.64. The minimum Gasteiger partial charge on any atom is -0.357 e. The second-order valence-electron chi connectivity index (χ2n) is 4.92. The number of rotatable bonds is 4. The van der Waals surface area contributed by atoms with Gasteiger partial charge in [0.2, 0.25) is 0 Å². The number of pyridine rings is 1. The minimum atomic E-state index is 0.709. The van der Waals surface area contributed by atoms with Gasteiger partial charge in [0.15, 0.2) is 0 Å². The number of nitrogens with two attached hydrogens (primary N) is 1. The van der Waals surface area contributed by atoms with Gasteiger partial charge in [-0.3, -0.25) is 0 Å². The van der Waals surface area contributed by atoms with E-state index in [9.17, 15) is 0 Å². The Balaban J connectivity index is 1.90. The predicted octanol–water partition coefficient (Wildman–Crippen LogP) is 2.28. The molecule has 1 atom stereocenters. The van der Waals surface area contributed by atoms with E-state index in [1.807, 2.05) is 12.3 Å². The Kier molecular flexibility index (Phi) is 4.37. The van der Waals surface area contributed by atoms with Crippen LogP contribution in [0.5, 0.6) is 0 Å². The van der Waals surface area contributed by atoms with E-state index in [1.165, 1.54) is 19.3 Å². The standard InChI is InChI=1S/C14H23N3/c1-2-12(11-15)13-6-9-17(10-7-13)14-5-3-4-8-16-14/h3-5,8,12-13H,2,6-7,9-11,15H2,1H3. The van der Waals surface area contributed by atoms with Crippen molar-refractivity contribution in [2.45, 2.75) is 26.2 Å². The Morgan fingerprint density at radius 2 is 2.18 bits per heavy atom. The van der Waals surface area contributed by atoms with Gasteiger partial charge in [-0.1, -0.05) is 19.4 Å². The fraction of sp³-hybridized carbons (Fsp3) is 0.643. The lowest BCUT2D eigenvalue weighted by atomic mass is 9.83. The Hall–Kier alpha value is -1.09. The lowest BCUT2D eigenvalue weighted by molar-refractivity contribution is 0.273. The fourth-order valence-corrected chi connectivity index (χ4v) is 2.83. The van der Waals surface area contributed by atoms with Crippen molar-refractivity contribution in [2.75, 3.05) is 24.5 Å². The number of hydrogen-bond donors (Lipinski definition) is 1. The summed E-state index contributed by atoms with van der Waals surface area (Å²) in [5, 5.41) is 0. The van der Waals surface area contributed by atoms with Gasteiger partial charge in [0, 0.05) is 19.3 Å². The van der Waals surface area contributed by atoms with Crippen molar-refractivity contribution in [1.82, 2.24) is 4.98 Å². The van der Waals surface area contributed by atoms with Crippen LogP contribution in [0, 0.1) is 11.8 Å². The summed E-state index contributed by atoms with van der Waals surface area (Å²) in [5.41, 5.74) is 5.83. The number of hydrogen-bond acceptors (Lipinski definition) is 3. The van der Waals surface area contributed by atoms with Crippen LogP contribution in [0.1, 0.15) is 26.2 Å². The lowest BCUT2D eigenvalue weighted by Crippen LogP contribution is -2.38. The molecule has 0 spiro atoms. The van der Waals surface area contributed by atoms with Gasteiger partial charge < -0.3 is 10.6 Å². The van der Waals surface area contributed by atoms with E-state index in [0.29, 0.717) is 5.92 Å². The Morgan fingerprint density at radius 1 is 1.41 bits per heavy atom. The van der Waals surface area contributed by atoms with Crippen molar-refractivity contribution in [1.29, 1.82) is 0 Å². The van der Waals surface area contributed by atoms with Crippen LogP contribution in [0.3, 0.4) is 0 Å². The molecular formula is C14H23N3. The third-order valence-electron chi connectivity index (χ3n) is 4.01. The quantitative estimate of drug-likeness (QED) is 0.867. The van der Waals surface area contributed by atoms with E-state index < -0.39 is 0 Å². The van der Waals surface area contributed by atoms with Crippen LogP contribution in [0.4, 0.5) is 5.82 Å². The molecule has 0 aliphatic carbocycles. The van der Waals surface area contributed by atoms with E-state index in [2.05, 4.69) is 28.9 Å². The molecule has 94 valence electrons. The fourth-order valence-electron chi connectivity index (χ4n) is 2.83. The molecule has 1 saturated heterocycles. The molecule has 0 saturated carbocycles. The number of nitrogens with zero attached hydrogens (tertiary/aromatic N) is 2. The number of anilines is 1. The average molecular weight is 233 g/mol. The monoisotopic (exact) mass is 233 g/mol. The molecular weight excluding hydrogens is 210 g/mol. The molecule has 0 radical (unpaired) electrons. The third kappa shape index (κ3) is 2.97. The first kappa shape index (κ1) is 12.4. The van der Waals surface area contributed by atoms with Crippen molar-refractivity contribution >= 4 is 5.82 Å². The summed E-state index contributed by atoms with van der Waals surface area (Å²) in [4.78, 5) is 6.80. The molecule has 1 aromatic heterocycles. The minimum absolute atomic E-state index is 0.709. The first-order chi connectivity index (χ1) is 8.35. The van der Waals surface area contributed by atoms with Crippen LogP contribution in [0.25, 0.3) is 0 Å². The van der Waals surface area contributed by atoms with E-state index in [0.717, 1.165) is 31.4 Å². The SMILES string of the molecule is CCC(CN)C1CCN(c2ccccn2)CC1. The van der Waals surface area contributed by atoms with Gasteiger partial charge in [0.05, 0.1) is 0 Å². The molecule has 0 aromatic carbocycles. The largest absolute Gasteiger partial charge is 0.357 e. The third-order valence-corrected chi connectivity index (χ3v) is 4.01. The molecule has 1 fully saturated rings. The molecule has 2 heterocycles. The van der Waals surface area contributed by atoms with Gasteiger partial charge in [0.25, 0.3) is 0 Å². The molecule has 1 aliphatic heterocycles. The molecule has 17 heavy (non-hydrogen) atoms. The predicted molar refractivity (Wildman–Crippen MR) is 72.0 cm³/mol. The first-order valence-electron chi connectivity index (χ1n) is 6.71. The topological polar surface area (TPSA) is 42.1 Å². The molecule has 1 aliphatic rings. The highest BCUT2D eigenvalue weighted by Gasteiger charge is 2.24. The molecule has 3 heteroatoms. The highest BCUT2D eigenvalue weighted by atomic mass is 15.2. The molecule has 0 amide bonds. The number of piperidine rings is 1. The Bertz CT molecular complexity index is 313. The second-order valence-corrected chi connectivity index (χ2v) is 4.92. The van der Waals surface area contributed by atoms with Crippen LogP contribution in [-0.4, -0.2) is 24.6 Å². The second kappa shape index (κ2) is 6.01. The van der Waals surface area contributed by atoms with Gasteiger partial charge in [-0.2, -0.15) is 0 Å².